The molecule has 1 nitrogen and oxygen atoms in total. The third-order valence-corrected chi connectivity index (χ3v) is 3.28. The highest BCUT2D eigenvalue weighted by molar-refractivity contribution is 9.10. The number of hydrogen-bond donors (Lipinski definition) is 0. The number of Topliss-reactive ketones (excluding diaryl/α,β-unsaturated/α-hetero) is 1. The average Bonchev–Trinajstić information content (AvgIpc) is 2.33. The van der Waals surface area contributed by atoms with Gasteiger partial charge in [-0.15, -0.1) is 0 Å². The summed E-state index contributed by atoms with van der Waals surface area (Å²) in [7, 11) is 0. The molecule has 3 heteroatoms. The zero-order valence-electron chi connectivity index (χ0n) is 9.91. The molecule has 0 aliphatic heterocycles. The number of benzene rings is 2. The highest BCUT2D eigenvalue weighted by Gasteiger charge is 2.08. The first-order valence-electron chi connectivity index (χ1n) is 5.60. The predicted octanol–water partition coefficient (Wildman–Crippen LogP) is 4.39. The van der Waals surface area contributed by atoms with Crippen LogP contribution in [-0.2, 0) is 11.2 Å². The van der Waals surface area contributed by atoms with Gasteiger partial charge in [0.15, 0.2) is 0 Å². The second-order valence-electron chi connectivity index (χ2n) is 4.18. The fourth-order valence-electron chi connectivity index (χ4n) is 1.82. The molecule has 2 aromatic carbocycles. The summed E-state index contributed by atoms with van der Waals surface area (Å²) in [5.74, 6) is -0.145. The summed E-state index contributed by atoms with van der Waals surface area (Å²) in [6, 6.07) is 12.6. The van der Waals surface area contributed by atoms with Gasteiger partial charge in [-0.2, -0.15) is 0 Å². The van der Waals surface area contributed by atoms with Gasteiger partial charge >= 0.3 is 0 Å². The Bertz CT molecular complexity index is 576. The molecule has 0 saturated heterocycles. The summed E-state index contributed by atoms with van der Waals surface area (Å²) in [4.78, 5) is 11.0. The lowest BCUT2D eigenvalue weighted by Gasteiger charge is -2.06. The standard InChI is InChI=1S/C15H12BrFO/c1-10(18)9-11-5-7-12(8-6-11)13-3-2-4-14(16)15(13)17/h2-8H,9H2,1H3. The van der Waals surface area contributed by atoms with Crippen molar-refractivity contribution in [3.05, 3.63) is 58.3 Å². The van der Waals surface area contributed by atoms with Gasteiger partial charge in [0.1, 0.15) is 11.6 Å². The highest BCUT2D eigenvalue weighted by atomic mass is 79.9. The van der Waals surface area contributed by atoms with E-state index < -0.39 is 0 Å². The van der Waals surface area contributed by atoms with E-state index >= 15 is 0 Å². The second-order valence-corrected chi connectivity index (χ2v) is 5.03. The van der Waals surface area contributed by atoms with E-state index in [-0.39, 0.29) is 11.6 Å². The molecule has 92 valence electrons. The van der Waals surface area contributed by atoms with Crippen molar-refractivity contribution in [2.75, 3.05) is 0 Å². The van der Waals surface area contributed by atoms with Gasteiger partial charge in [0.05, 0.1) is 4.47 Å². The summed E-state index contributed by atoms with van der Waals surface area (Å²) in [5.41, 5.74) is 2.31. The number of carbonyl (C=O) groups excluding carboxylic acids is 1. The molecule has 0 heterocycles. The summed E-state index contributed by atoms with van der Waals surface area (Å²) < 4.78 is 14.3. The number of rotatable bonds is 3. The molecule has 0 aliphatic carbocycles. The van der Waals surface area contributed by atoms with E-state index in [0.717, 1.165) is 11.1 Å². The SMILES string of the molecule is CC(=O)Cc1ccc(-c2cccc(Br)c2F)cc1. The van der Waals surface area contributed by atoms with Crippen LogP contribution in [0, 0.1) is 5.82 Å². The van der Waals surface area contributed by atoms with Crippen LogP contribution in [0.3, 0.4) is 0 Å². The molecule has 0 aliphatic rings. The number of ketones is 1. The Hall–Kier alpha value is -1.48. The van der Waals surface area contributed by atoms with Crippen LogP contribution >= 0.6 is 15.9 Å². The molecule has 2 rings (SSSR count). The van der Waals surface area contributed by atoms with Gasteiger partial charge in [-0.05, 0) is 40.0 Å². The van der Waals surface area contributed by atoms with Crippen LogP contribution in [0.2, 0.25) is 0 Å². The van der Waals surface area contributed by atoms with Gasteiger partial charge in [0.25, 0.3) is 0 Å². The van der Waals surface area contributed by atoms with E-state index in [9.17, 15) is 9.18 Å². The Morgan fingerprint density at radius 3 is 2.44 bits per heavy atom. The van der Waals surface area contributed by atoms with Crippen LogP contribution in [0.4, 0.5) is 4.39 Å². The van der Waals surface area contributed by atoms with Crippen molar-refractivity contribution in [1.82, 2.24) is 0 Å². The molecule has 0 atom stereocenters. The van der Waals surface area contributed by atoms with Crippen molar-refractivity contribution >= 4 is 21.7 Å². The molecule has 0 bridgehead atoms. The molecule has 0 N–H and O–H groups in total. The van der Waals surface area contributed by atoms with E-state index in [1.165, 1.54) is 0 Å². The third kappa shape index (κ3) is 2.85. The average molecular weight is 307 g/mol. The maximum absolute atomic E-state index is 13.9. The van der Waals surface area contributed by atoms with Crippen LogP contribution in [0.15, 0.2) is 46.9 Å². The maximum atomic E-state index is 13.9. The van der Waals surface area contributed by atoms with Crippen molar-refractivity contribution in [2.24, 2.45) is 0 Å². The quantitative estimate of drug-likeness (QED) is 0.822. The Labute approximate surface area is 114 Å². The molecule has 18 heavy (non-hydrogen) atoms. The first-order chi connectivity index (χ1) is 8.58. The summed E-state index contributed by atoms with van der Waals surface area (Å²) in [6.07, 6.45) is 0.418. The van der Waals surface area contributed by atoms with Crippen LogP contribution in [0.25, 0.3) is 11.1 Å². The van der Waals surface area contributed by atoms with Crippen molar-refractivity contribution in [3.63, 3.8) is 0 Å². The zero-order valence-corrected chi connectivity index (χ0v) is 11.5. The van der Waals surface area contributed by atoms with E-state index in [1.54, 1.807) is 25.1 Å². The van der Waals surface area contributed by atoms with Crippen molar-refractivity contribution in [2.45, 2.75) is 13.3 Å². The van der Waals surface area contributed by atoms with Crippen molar-refractivity contribution in [3.8, 4) is 11.1 Å². The minimum atomic E-state index is -0.267. The molecule has 0 amide bonds. The lowest BCUT2D eigenvalue weighted by Crippen LogP contribution is -1.95. The molecule has 0 unspecified atom stereocenters. The first kappa shape index (κ1) is 13.0. The normalized spacial score (nSPS) is 10.4. The lowest BCUT2D eigenvalue weighted by molar-refractivity contribution is -0.116. The molecule has 0 saturated carbocycles. The van der Waals surface area contributed by atoms with Gasteiger partial charge in [-0.3, -0.25) is 4.79 Å². The monoisotopic (exact) mass is 306 g/mol. The second kappa shape index (κ2) is 5.44. The van der Waals surface area contributed by atoms with Gasteiger partial charge in [-0.25, -0.2) is 4.39 Å². The Balaban J connectivity index is 2.34. The topological polar surface area (TPSA) is 17.1 Å². The number of hydrogen-bond acceptors (Lipinski definition) is 1. The lowest BCUT2D eigenvalue weighted by atomic mass is 10.0. The minimum Gasteiger partial charge on any atom is -0.300 e. The summed E-state index contributed by atoms with van der Waals surface area (Å²) in [5, 5.41) is 0. The first-order valence-corrected chi connectivity index (χ1v) is 6.40. The molecule has 0 fully saturated rings. The Kier molecular flexibility index (Phi) is 3.92. The van der Waals surface area contributed by atoms with Gasteiger partial charge in [0, 0.05) is 12.0 Å². The van der Waals surface area contributed by atoms with E-state index in [4.69, 9.17) is 0 Å². The third-order valence-electron chi connectivity index (χ3n) is 2.67. The minimum absolute atomic E-state index is 0.122. The number of carbonyl (C=O) groups is 1. The van der Waals surface area contributed by atoms with Crippen LogP contribution < -0.4 is 0 Å². The van der Waals surface area contributed by atoms with Crippen LogP contribution in [0.1, 0.15) is 12.5 Å². The summed E-state index contributed by atoms with van der Waals surface area (Å²) >= 11 is 3.17. The molecule has 0 aromatic heterocycles. The Morgan fingerprint density at radius 1 is 1.17 bits per heavy atom. The number of halogens is 2. The van der Waals surface area contributed by atoms with Crippen molar-refractivity contribution < 1.29 is 9.18 Å². The molecular formula is C15H12BrFO. The fourth-order valence-corrected chi connectivity index (χ4v) is 2.18. The zero-order chi connectivity index (χ0) is 13.1. The van der Waals surface area contributed by atoms with Gasteiger partial charge in [0.2, 0.25) is 0 Å². The Morgan fingerprint density at radius 2 is 1.83 bits per heavy atom. The van der Waals surface area contributed by atoms with Crippen LogP contribution in [-0.4, -0.2) is 5.78 Å². The van der Waals surface area contributed by atoms with Gasteiger partial charge < -0.3 is 0 Å². The van der Waals surface area contributed by atoms with Crippen molar-refractivity contribution in [1.29, 1.82) is 0 Å². The van der Waals surface area contributed by atoms with Crippen LogP contribution in [0.5, 0.6) is 0 Å². The maximum Gasteiger partial charge on any atom is 0.145 e. The smallest absolute Gasteiger partial charge is 0.145 e. The molecule has 2 aromatic rings. The molecule has 0 radical (unpaired) electrons. The van der Waals surface area contributed by atoms with E-state index in [1.807, 2.05) is 24.3 Å². The largest absolute Gasteiger partial charge is 0.300 e. The molecule has 0 spiro atoms. The predicted molar refractivity (Wildman–Crippen MR) is 73.9 cm³/mol. The molecular weight excluding hydrogens is 295 g/mol. The highest BCUT2D eigenvalue weighted by Crippen LogP contribution is 2.27. The fraction of sp³-hybridized carbons (Fsp3) is 0.133. The summed E-state index contributed by atoms with van der Waals surface area (Å²) in [6.45, 7) is 1.56. The van der Waals surface area contributed by atoms with Gasteiger partial charge in [-0.1, -0.05) is 36.4 Å². The van der Waals surface area contributed by atoms with E-state index in [0.29, 0.717) is 16.5 Å². The van der Waals surface area contributed by atoms with E-state index in [2.05, 4.69) is 15.9 Å².